The van der Waals surface area contributed by atoms with Gasteiger partial charge < -0.3 is 9.84 Å². The van der Waals surface area contributed by atoms with E-state index in [1.54, 1.807) is 0 Å². The van der Waals surface area contributed by atoms with Crippen molar-refractivity contribution in [2.45, 2.75) is 25.9 Å². The minimum Gasteiger partial charge on any atom is -0.396 e. The molecule has 0 aromatic carbocycles. The van der Waals surface area contributed by atoms with Gasteiger partial charge in [0.05, 0.1) is 6.10 Å². The fraction of sp³-hybridized carbons (Fsp3) is 0.857. The summed E-state index contributed by atoms with van der Waals surface area (Å²) in [6.07, 6.45) is 1.76. The van der Waals surface area contributed by atoms with E-state index in [2.05, 4.69) is 6.92 Å². The van der Waals surface area contributed by atoms with Gasteiger partial charge in [0.15, 0.2) is 0 Å². The Morgan fingerprint density at radius 1 is 1.67 bits per heavy atom. The molecule has 1 atom stereocenters. The fourth-order valence-electron chi connectivity index (χ4n) is 0.432. The Morgan fingerprint density at radius 2 is 2.33 bits per heavy atom. The third-order valence-corrected chi connectivity index (χ3v) is 1.11. The molecule has 0 heterocycles. The van der Waals surface area contributed by atoms with Crippen molar-refractivity contribution in [3.63, 3.8) is 0 Å². The Labute approximate surface area is 56.8 Å². The zero-order chi connectivity index (χ0) is 7.11. The molecule has 0 amide bonds. The first kappa shape index (κ1) is 8.92. The summed E-state index contributed by atoms with van der Waals surface area (Å²) >= 11 is 0. The summed E-state index contributed by atoms with van der Waals surface area (Å²) in [6, 6.07) is 0. The molecule has 0 fully saturated rings. The molecule has 1 N–H and O–H groups in total. The van der Waals surface area contributed by atoms with Gasteiger partial charge in [0.25, 0.3) is 0 Å². The largest absolute Gasteiger partial charge is 0.396 e. The standard InChI is InChI=1S/C7H15O2/c1-3-7(2)9-6-4-5-8/h7-8H,1,3-6H2,2H3. The molecule has 0 saturated carbocycles. The molecule has 0 aromatic rings. The van der Waals surface area contributed by atoms with Crippen molar-refractivity contribution in [2.24, 2.45) is 0 Å². The highest BCUT2D eigenvalue weighted by Gasteiger charge is 1.95. The lowest BCUT2D eigenvalue weighted by Crippen LogP contribution is -2.08. The van der Waals surface area contributed by atoms with Gasteiger partial charge >= 0.3 is 0 Å². The number of rotatable bonds is 5. The molecule has 0 aliphatic carbocycles. The first-order chi connectivity index (χ1) is 4.31. The van der Waals surface area contributed by atoms with Gasteiger partial charge in [-0.25, -0.2) is 0 Å². The van der Waals surface area contributed by atoms with Gasteiger partial charge in [-0.05, 0) is 19.8 Å². The molecule has 0 aromatic heterocycles. The van der Waals surface area contributed by atoms with Crippen molar-refractivity contribution in [2.75, 3.05) is 13.2 Å². The third-order valence-electron chi connectivity index (χ3n) is 1.11. The van der Waals surface area contributed by atoms with E-state index in [9.17, 15) is 0 Å². The van der Waals surface area contributed by atoms with Crippen LogP contribution in [0.1, 0.15) is 19.8 Å². The molecule has 0 saturated heterocycles. The summed E-state index contributed by atoms with van der Waals surface area (Å²) in [7, 11) is 0. The average molecular weight is 131 g/mol. The molecular formula is C7H15O2. The van der Waals surface area contributed by atoms with Crippen LogP contribution in [0.2, 0.25) is 0 Å². The van der Waals surface area contributed by atoms with Crippen LogP contribution in [0.15, 0.2) is 0 Å². The SMILES string of the molecule is [CH2]CC(C)OCCCO. The number of ether oxygens (including phenoxy) is 1. The van der Waals surface area contributed by atoms with E-state index in [1.807, 2.05) is 6.92 Å². The molecule has 0 spiro atoms. The van der Waals surface area contributed by atoms with Crippen molar-refractivity contribution in [1.82, 2.24) is 0 Å². The van der Waals surface area contributed by atoms with Crippen LogP contribution in [0, 0.1) is 6.92 Å². The maximum absolute atomic E-state index is 8.36. The van der Waals surface area contributed by atoms with Gasteiger partial charge in [-0.2, -0.15) is 0 Å². The van der Waals surface area contributed by atoms with E-state index >= 15 is 0 Å². The molecule has 0 aliphatic rings. The third kappa shape index (κ3) is 5.80. The predicted molar refractivity (Wildman–Crippen MR) is 37.1 cm³/mol. The minimum atomic E-state index is 0.212. The van der Waals surface area contributed by atoms with Crippen molar-refractivity contribution in [3.8, 4) is 0 Å². The summed E-state index contributed by atoms with van der Waals surface area (Å²) in [4.78, 5) is 0. The van der Waals surface area contributed by atoms with Crippen molar-refractivity contribution >= 4 is 0 Å². The predicted octanol–water partition coefficient (Wildman–Crippen LogP) is 0.998. The first-order valence-electron chi connectivity index (χ1n) is 3.33. The molecule has 9 heavy (non-hydrogen) atoms. The Hall–Kier alpha value is -0.0800. The smallest absolute Gasteiger partial charge is 0.0547 e. The molecule has 1 unspecified atom stereocenters. The molecule has 2 nitrogen and oxygen atoms in total. The lowest BCUT2D eigenvalue weighted by atomic mass is 10.3. The van der Waals surface area contributed by atoms with Crippen LogP contribution in [0.3, 0.4) is 0 Å². The molecule has 0 rings (SSSR count). The highest BCUT2D eigenvalue weighted by molar-refractivity contribution is 4.50. The normalized spacial score (nSPS) is 13.7. The van der Waals surface area contributed by atoms with Crippen LogP contribution < -0.4 is 0 Å². The molecule has 1 radical (unpaired) electrons. The molecule has 0 aliphatic heterocycles. The topological polar surface area (TPSA) is 29.5 Å². The number of aliphatic hydroxyl groups is 1. The van der Waals surface area contributed by atoms with E-state index in [4.69, 9.17) is 9.84 Å². The minimum absolute atomic E-state index is 0.212. The zero-order valence-corrected chi connectivity index (χ0v) is 5.97. The molecule has 55 valence electrons. The fourth-order valence-corrected chi connectivity index (χ4v) is 0.432. The summed E-state index contributed by atoms with van der Waals surface area (Å²) in [5.41, 5.74) is 0. The maximum atomic E-state index is 8.36. The lowest BCUT2D eigenvalue weighted by molar-refractivity contribution is 0.0574. The highest BCUT2D eigenvalue weighted by atomic mass is 16.5. The summed E-state index contributed by atoms with van der Waals surface area (Å²) in [6.45, 7) is 6.51. The summed E-state index contributed by atoms with van der Waals surface area (Å²) in [5.74, 6) is 0. The Balaban J connectivity index is 2.88. The van der Waals surface area contributed by atoms with Gasteiger partial charge in [0.2, 0.25) is 0 Å². The van der Waals surface area contributed by atoms with Crippen LogP contribution in [-0.2, 0) is 4.74 Å². The van der Waals surface area contributed by atoms with Crippen LogP contribution in [0.5, 0.6) is 0 Å². The van der Waals surface area contributed by atoms with Crippen LogP contribution >= 0.6 is 0 Å². The van der Waals surface area contributed by atoms with Gasteiger partial charge in [0.1, 0.15) is 0 Å². The second-order valence-corrected chi connectivity index (χ2v) is 2.05. The Morgan fingerprint density at radius 3 is 2.78 bits per heavy atom. The van der Waals surface area contributed by atoms with Gasteiger partial charge in [-0.15, -0.1) is 0 Å². The van der Waals surface area contributed by atoms with Crippen molar-refractivity contribution in [3.05, 3.63) is 6.92 Å². The summed E-state index contributed by atoms with van der Waals surface area (Å²) in [5, 5.41) is 8.36. The van der Waals surface area contributed by atoms with Crippen molar-refractivity contribution < 1.29 is 9.84 Å². The number of aliphatic hydroxyl groups excluding tert-OH is 1. The molecular weight excluding hydrogens is 116 g/mol. The van der Waals surface area contributed by atoms with Crippen LogP contribution in [0.4, 0.5) is 0 Å². The van der Waals surface area contributed by atoms with E-state index in [1.165, 1.54) is 0 Å². The molecule has 2 heteroatoms. The first-order valence-corrected chi connectivity index (χ1v) is 3.33. The zero-order valence-electron chi connectivity index (χ0n) is 5.97. The van der Waals surface area contributed by atoms with E-state index in [0.29, 0.717) is 6.61 Å². The quantitative estimate of drug-likeness (QED) is 0.564. The summed E-state index contributed by atoms with van der Waals surface area (Å²) < 4.78 is 5.21. The second-order valence-electron chi connectivity index (χ2n) is 2.05. The Bertz CT molecular complexity index is 54.9. The van der Waals surface area contributed by atoms with Gasteiger partial charge in [0, 0.05) is 13.2 Å². The lowest BCUT2D eigenvalue weighted by Gasteiger charge is -2.08. The number of hydrogen-bond donors (Lipinski definition) is 1. The number of hydrogen-bond acceptors (Lipinski definition) is 2. The van der Waals surface area contributed by atoms with Crippen LogP contribution in [-0.4, -0.2) is 24.4 Å². The average Bonchev–Trinajstić information content (AvgIpc) is 1.89. The van der Waals surface area contributed by atoms with Gasteiger partial charge in [-0.3, -0.25) is 0 Å². The van der Waals surface area contributed by atoms with Crippen LogP contribution in [0.25, 0.3) is 0 Å². The van der Waals surface area contributed by atoms with E-state index < -0.39 is 0 Å². The van der Waals surface area contributed by atoms with Crippen molar-refractivity contribution in [1.29, 1.82) is 0 Å². The maximum Gasteiger partial charge on any atom is 0.0547 e. The van der Waals surface area contributed by atoms with E-state index in [-0.39, 0.29) is 12.7 Å². The van der Waals surface area contributed by atoms with E-state index in [0.717, 1.165) is 12.8 Å². The highest BCUT2D eigenvalue weighted by Crippen LogP contribution is 1.95. The van der Waals surface area contributed by atoms with Gasteiger partial charge in [-0.1, -0.05) is 6.92 Å². The Kier molecular flexibility index (Phi) is 5.99. The second kappa shape index (κ2) is 6.05. The monoisotopic (exact) mass is 131 g/mol. The molecule has 0 bridgehead atoms.